The van der Waals surface area contributed by atoms with E-state index in [2.05, 4.69) is 44.8 Å². The maximum atomic E-state index is 2.44. The maximum absolute atomic E-state index is 2.44. The Hall–Kier alpha value is -0.0800. The number of unbranched alkanes of at least 4 members (excludes halogenated alkanes) is 1. The third kappa shape index (κ3) is 10.8. The van der Waals surface area contributed by atoms with Crippen LogP contribution < -0.4 is 0 Å². The molecule has 1 fully saturated rings. The number of hydrogen-bond donors (Lipinski definition) is 0. The van der Waals surface area contributed by atoms with Crippen molar-refractivity contribution in [3.8, 4) is 0 Å². The van der Waals surface area contributed by atoms with Gasteiger partial charge in [-0.1, -0.05) is 33.1 Å². The molecular formula is C15H34N2. The van der Waals surface area contributed by atoms with Gasteiger partial charge in [-0.3, -0.25) is 0 Å². The highest BCUT2D eigenvalue weighted by atomic mass is 15.1. The molecule has 17 heavy (non-hydrogen) atoms. The van der Waals surface area contributed by atoms with Gasteiger partial charge in [-0.15, -0.1) is 0 Å². The number of piperidine rings is 1. The first kappa shape index (κ1) is 16.9. The zero-order valence-corrected chi connectivity index (χ0v) is 12.8. The van der Waals surface area contributed by atoms with Crippen LogP contribution in [0.25, 0.3) is 0 Å². The third-order valence-corrected chi connectivity index (χ3v) is 3.49. The molecule has 2 nitrogen and oxygen atoms in total. The summed E-state index contributed by atoms with van der Waals surface area (Å²) in [5, 5.41) is 0. The maximum Gasteiger partial charge on any atom is -0.00191 e. The van der Waals surface area contributed by atoms with E-state index < -0.39 is 0 Å². The van der Waals surface area contributed by atoms with Crippen LogP contribution >= 0.6 is 0 Å². The topological polar surface area (TPSA) is 6.48 Å². The largest absolute Gasteiger partial charge is 0.309 e. The fraction of sp³-hybridized carbons (Fsp3) is 1.00. The molecule has 0 radical (unpaired) electrons. The molecule has 0 bridgehead atoms. The quantitative estimate of drug-likeness (QED) is 0.728. The van der Waals surface area contributed by atoms with Gasteiger partial charge in [0.15, 0.2) is 0 Å². The molecule has 0 N–H and O–H groups in total. The van der Waals surface area contributed by atoms with Crippen LogP contribution in [-0.2, 0) is 0 Å². The van der Waals surface area contributed by atoms with Crippen molar-refractivity contribution in [2.24, 2.45) is 5.92 Å². The second-order valence-corrected chi connectivity index (χ2v) is 5.69. The Morgan fingerprint density at radius 2 is 1.65 bits per heavy atom. The van der Waals surface area contributed by atoms with Crippen molar-refractivity contribution < 1.29 is 0 Å². The van der Waals surface area contributed by atoms with Crippen LogP contribution in [-0.4, -0.2) is 50.6 Å². The Morgan fingerprint density at radius 3 is 2.00 bits per heavy atom. The van der Waals surface area contributed by atoms with Crippen LogP contribution in [0.4, 0.5) is 0 Å². The van der Waals surface area contributed by atoms with Gasteiger partial charge in [-0.2, -0.15) is 0 Å². The van der Waals surface area contributed by atoms with Crippen molar-refractivity contribution in [2.75, 3.05) is 40.8 Å². The van der Waals surface area contributed by atoms with E-state index in [-0.39, 0.29) is 0 Å². The molecule has 0 atom stereocenters. The molecule has 0 aromatic carbocycles. The molecule has 1 aliphatic rings. The van der Waals surface area contributed by atoms with E-state index in [0.717, 1.165) is 5.92 Å². The first-order valence-electron chi connectivity index (χ1n) is 7.43. The van der Waals surface area contributed by atoms with E-state index in [4.69, 9.17) is 0 Å². The fourth-order valence-corrected chi connectivity index (χ4v) is 2.23. The van der Waals surface area contributed by atoms with E-state index in [9.17, 15) is 0 Å². The second-order valence-electron chi connectivity index (χ2n) is 5.69. The van der Waals surface area contributed by atoms with Crippen molar-refractivity contribution >= 4 is 0 Å². The number of likely N-dealkylation sites (tertiary alicyclic amines) is 1. The van der Waals surface area contributed by atoms with Gasteiger partial charge < -0.3 is 9.80 Å². The van der Waals surface area contributed by atoms with Crippen LogP contribution in [0.5, 0.6) is 0 Å². The summed E-state index contributed by atoms with van der Waals surface area (Å²) in [6.07, 6.45) is 8.32. The summed E-state index contributed by atoms with van der Waals surface area (Å²) < 4.78 is 0. The molecule has 1 rings (SSSR count). The van der Waals surface area contributed by atoms with Crippen molar-refractivity contribution in [1.29, 1.82) is 0 Å². The SMILES string of the molecule is CCCC1CCN(C)CC1.CCCCN(C)C. The van der Waals surface area contributed by atoms with Gasteiger partial charge >= 0.3 is 0 Å². The van der Waals surface area contributed by atoms with E-state index in [1.165, 1.54) is 58.2 Å². The predicted molar refractivity (Wildman–Crippen MR) is 78.6 cm³/mol. The molecule has 0 aromatic heterocycles. The lowest BCUT2D eigenvalue weighted by Gasteiger charge is -2.28. The van der Waals surface area contributed by atoms with Gasteiger partial charge in [0, 0.05) is 0 Å². The Kier molecular flexibility index (Phi) is 11.0. The minimum atomic E-state index is 1.04. The molecule has 0 aliphatic carbocycles. The molecule has 0 amide bonds. The van der Waals surface area contributed by atoms with Gasteiger partial charge in [-0.25, -0.2) is 0 Å². The van der Waals surface area contributed by atoms with Crippen LogP contribution in [0, 0.1) is 5.92 Å². The normalized spacial score (nSPS) is 18.0. The molecule has 104 valence electrons. The molecule has 0 aromatic rings. The Balaban J connectivity index is 0.000000325. The standard InChI is InChI=1S/C9H19N.C6H15N/c1-3-4-9-5-7-10(2)8-6-9;1-4-5-6-7(2)3/h9H,3-8H2,1-2H3;4-6H2,1-3H3. The summed E-state index contributed by atoms with van der Waals surface area (Å²) in [6.45, 7) is 8.38. The van der Waals surface area contributed by atoms with E-state index in [1.54, 1.807) is 0 Å². The molecule has 0 spiro atoms. The van der Waals surface area contributed by atoms with Gasteiger partial charge in [0.05, 0.1) is 0 Å². The third-order valence-electron chi connectivity index (χ3n) is 3.49. The molecular weight excluding hydrogens is 208 g/mol. The van der Waals surface area contributed by atoms with E-state index >= 15 is 0 Å². The summed E-state index contributed by atoms with van der Waals surface area (Å²) in [7, 11) is 6.44. The van der Waals surface area contributed by atoms with Gasteiger partial charge in [-0.05, 0) is 66.0 Å². The molecule has 1 heterocycles. The molecule has 1 saturated heterocycles. The summed E-state index contributed by atoms with van der Waals surface area (Å²) in [4.78, 5) is 4.65. The Bertz CT molecular complexity index is 149. The smallest absolute Gasteiger partial charge is 0.00191 e. The lowest BCUT2D eigenvalue weighted by molar-refractivity contribution is 0.211. The number of hydrogen-bond acceptors (Lipinski definition) is 2. The van der Waals surface area contributed by atoms with Crippen LogP contribution in [0.2, 0.25) is 0 Å². The van der Waals surface area contributed by atoms with Crippen LogP contribution in [0.15, 0.2) is 0 Å². The molecule has 1 aliphatic heterocycles. The molecule has 2 heteroatoms. The highest BCUT2D eigenvalue weighted by Gasteiger charge is 2.14. The minimum Gasteiger partial charge on any atom is -0.309 e. The first-order valence-corrected chi connectivity index (χ1v) is 7.43. The predicted octanol–water partition coefficient (Wildman–Crippen LogP) is 3.48. The van der Waals surface area contributed by atoms with Crippen LogP contribution in [0.3, 0.4) is 0 Å². The van der Waals surface area contributed by atoms with E-state index in [0.29, 0.717) is 0 Å². The molecule has 0 saturated carbocycles. The lowest BCUT2D eigenvalue weighted by Crippen LogP contribution is -2.29. The van der Waals surface area contributed by atoms with Crippen molar-refractivity contribution in [3.05, 3.63) is 0 Å². The number of rotatable bonds is 5. The second kappa shape index (κ2) is 11.0. The van der Waals surface area contributed by atoms with Crippen molar-refractivity contribution in [1.82, 2.24) is 9.80 Å². The average molecular weight is 242 g/mol. The zero-order chi connectivity index (χ0) is 13.1. The fourth-order valence-electron chi connectivity index (χ4n) is 2.23. The highest BCUT2D eigenvalue weighted by molar-refractivity contribution is 4.68. The zero-order valence-electron chi connectivity index (χ0n) is 12.8. The summed E-state index contributed by atoms with van der Waals surface area (Å²) >= 11 is 0. The van der Waals surface area contributed by atoms with Gasteiger partial charge in [0.25, 0.3) is 0 Å². The monoisotopic (exact) mass is 242 g/mol. The summed E-state index contributed by atoms with van der Waals surface area (Å²) in [6, 6.07) is 0. The highest BCUT2D eigenvalue weighted by Crippen LogP contribution is 2.20. The molecule has 0 unspecified atom stereocenters. The Labute approximate surface area is 109 Å². The lowest BCUT2D eigenvalue weighted by atomic mass is 9.93. The van der Waals surface area contributed by atoms with Gasteiger partial charge in [0.2, 0.25) is 0 Å². The summed E-state index contributed by atoms with van der Waals surface area (Å²) in [5.74, 6) is 1.04. The first-order chi connectivity index (χ1) is 8.10. The van der Waals surface area contributed by atoms with Crippen molar-refractivity contribution in [2.45, 2.75) is 52.4 Å². The van der Waals surface area contributed by atoms with E-state index in [1.807, 2.05) is 0 Å². The van der Waals surface area contributed by atoms with Crippen LogP contribution in [0.1, 0.15) is 52.4 Å². The Morgan fingerprint density at radius 1 is 1.06 bits per heavy atom. The average Bonchev–Trinajstić information content (AvgIpc) is 2.31. The summed E-state index contributed by atoms with van der Waals surface area (Å²) in [5.41, 5.74) is 0. The number of nitrogens with zero attached hydrogens (tertiary/aromatic N) is 2. The van der Waals surface area contributed by atoms with Crippen molar-refractivity contribution in [3.63, 3.8) is 0 Å². The minimum absolute atomic E-state index is 1.04. The van der Waals surface area contributed by atoms with Gasteiger partial charge in [0.1, 0.15) is 0 Å².